The van der Waals surface area contributed by atoms with Crippen molar-refractivity contribution in [2.75, 3.05) is 13.1 Å². The van der Waals surface area contributed by atoms with Gasteiger partial charge in [0.25, 0.3) is 0 Å². The molecule has 0 unspecified atom stereocenters. The largest absolute Gasteiger partial charge is 0.391 e. The Balaban J connectivity index is 2.69. The van der Waals surface area contributed by atoms with E-state index in [2.05, 4.69) is 5.32 Å². The highest BCUT2D eigenvalue weighted by Gasteiger charge is 2.38. The van der Waals surface area contributed by atoms with Crippen molar-refractivity contribution in [3.05, 3.63) is 0 Å². The van der Waals surface area contributed by atoms with Crippen molar-refractivity contribution in [1.82, 2.24) is 10.2 Å². The molecule has 1 aliphatic carbocycles. The monoisotopic (exact) mass is 243 g/mol. The Bertz CT molecular complexity index is 270. The first-order valence-electron chi connectivity index (χ1n) is 5.92. The maximum atomic E-state index is 12.0. The van der Waals surface area contributed by atoms with Crippen LogP contribution in [0.3, 0.4) is 0 Å². The molecule has 2 amide bonds. The summed E-state index contributed by atoms with van der Waals surface area (Å²) in [4.78, 5) is 14.1. The SMILES string of the molecule is CCN(CC)C(=O)NC1(C(N)=S)CCCC1. The van der Waals surface area contributed by atoms with Gasteiger partial charge in [0.05, 0.1) is 10.5 Å². The Morgan fingerprint density at radius 2 is 1.88 bits per heavy atom. The van der Waals surface area contributed by atoms with E-state index in [1.807, 2.05) is 13.8 Å². The summed E-state index contributed by atoms with van der Waals surface area (Å²) >= 11 is 5.09. The highest BCUT2D eigenvalue weighted by atomic mass is 32.1. The predicted octanol–water partition coefficient (Wildman–Crippen LogP) is 1.64. The van der Waals surface area contributed by atoms with Crippen LogP contribution in [0.15, 0.2) is 0 Å². The van der Waals surface area contributed by atoms with Crippen molar-refractivity contribution < 1.29 is 4.79 Å². The van der Waals surface area contributed by atoms with Gasteiger partial charge < -0.3 is 16.0 Å². The molecule has 92 valence electrons. The van der Waals surface area contributed by atoms with Gasteiger partial charge in [0.2, 0.25) is 0 Å². The summed E-state index contributed by atoms with van der Waals surface area (Å²) in [5.41, 5.74) is 5.33. The van der Waals surface area contributed by atoms with Crippen LogP contribution in [0.2, 0.25) is 0 Å². The number of carbonyl (C=O) groups is 1. The van der Waals surface area contributed by atoms with Gasteiger partial charge in [0.1, 0.15) is 0 Å². The molecule has 1 rings (SSSR count). The van der Waals surface area contributed by atoms with E-state index in [9.17, 15) is 4.79 Å². The van der Waals surface area contributed by atoms with Gasteiger partial charge in [-0.2, -0.15) is 0 Å². The number of hydrogen-bond acceptors (Lipinski definition) is 2. The van der Waals surface area contributed by atoms with Crippen molar-refractivity contribution in [2.45, 2.75) is 45.1 Å². The lowest BCUT2D eigenvalue weighted by molar-refractivity contribution is 0.195. The van der Waals surface area contributed by atoms with Crippen LogP contribution in [-0.2, 0) is 0 Å². The van der Waals surface area contributed by atoms with Crippen LogP contribution in [0.5, 0.6) is 0 Å². The molecule has 3 N–H and O–H groups in total. The van der Waals surface area contributed by atoms with Gasteiger partial charge in [-0.15, -0.1) is 0 Å². The molecule has 0 spiro atoms. The lowest BCUT2D eigenvalue weighted by Crippen LogP contribution is -2.58. The lowest BCUT2D eigenvalue weighted by Gasteiger charge is -2.32. The van der Waals surface area contributed by atoms with Crippen molar-refractivity contribution in [3.8, 4) is 0 Å². The zero-order valence-electron chi connectivity index (χ0n) is 10.1. The summed E-state index contributed by atoms with van der Waals surface area (Å²) < 4.78 is 0. The molecule has 1 fully saturated rings. The number of rotatable bonds is 4. The second-order valence-corrected chi connectivity index (χ2v) is 4.70. The molecule has 0 saturated heterocycles. The fraction of sp³-hybridized carbons (Fsp3) is 0.818. The zero-order chi connectivity index (χ0) is 12.2. The molecule has 1 aliphatic rings. The zero-order valence-corrected chi connectivity index (χ0v) is 10.9. The number of urea groups is 1. The third-order valence-corrected chi connectivity index (χ3v) is 3.72. The Morgan fingerprint density at radius 3 is 2.25 bits per heavy atom. The first-order valence-corrected chi connectivity index (χ1v) is 6.33. The summed E-state index contributed by atoms with van der Waals surface area (Å²) in [6, 6.07) is -0.0558. The summed E-state index contributed by atoms with van der Waals surface area (Å²) in [6.07, 6.45) is 3.90. The molecule has 0 aromatic carbocycles. The molecule has 0 aliphatic heterocycles. The van der Waals surface area contributed by atoms with Gasteiger partial charge in [-0.3, -0.25) is 0 Å². The summed E-state index contributed by atoms with van der Waals surface area (Å²) in [5, 5.41) is 3.01. The first kappa shape index (κ1) is 13.2. The highest BCUT2D eigenvalue weighted by molar-refractivity contribution is 7.80. The van der Waals surface area contributed by atoms with Crippen LogP contribution >= 0.6 is 12.2 Å². The molecule has 16 heavy (non-hydrogen) atoms. The third-order valence-electron chi connectivity index (χ3n) is 3.33. The Morgan fingerprint density at radius 1 is 1.38 bits per heavy atom. The molecule has 1 saturated carbocycles. The Kier molecular flexibility index (Phi) is 4.53. The summed E-state index contributed by atoms with van der Waals surface area (Å²) in [5.74, 6) is 0. The van der Waals surface area contributed by atoms with Crippen molar-refractivity contribution in [3.63, 3.8) is 0 Å². The molecule has 0 atom stereocenters. The molecule has 0 aromatic heterocycles. The second-order valence-electron chi connectivity index (χ2n) is 4.26. The average molecular weight is 243 g/mol. The third kappa shape index (κ3) is 2.64. The number of nitrogens with zero attached hydrogens (tertiary/aromatic N) is 1. The number of nitrogens with two attached hydrogens (primary N) is 1. The molecule has 0 radical (unpaired) electrons. The van der Waals surface area contributed by atoms with Crippen LogP contribution in [0, 0.1) is 0 Å². The van der Waals surface area contributed by atoms with Gasteiger partial charge in [-0.1, -0.05) is 25.1 Å². The number of hydrogen-bond donors (Lipinski definition) is 2. The average Bonchev–Trinajstić information content (AvgIpc) is 2.69. The second kappa shape index (κ2) is 5.48. The van der Waals surface area contributed by atoms with Crippen molar-refractivity contribution >= 4 is 23.2 Å². The van der Waals surface area contributed by atoms with Gasteiger partial charge in [0, 0.05) is 13.1 Å². The molecule has 5 heteroatoms. The number of thiocarbonyl (C=S) groups is 1. The van der Waals surface area contributed by atoms with Crippen molar-refractivity contribution in [1.29, 1.82) is 0 Å². The minimum absolute atomic E-state index is 0.0558. The standard InChI is InChI=1S/C11H21N3OS/c1-3-14(4-2)10(15)13-11(9(12)16)7-5-6-8-11/h3-8H2,1-2H3,(H2,12,16)(H,13,15). The summed E-state index contributed by atoms with van der Waals surface area (Å²) in [7, 11) is 0. The van der Waals surface area contributed by atoms with E-state index in [1.165, 1.54) is 0 Å². The Labute approximate surface area is 103 Å². The topological polar surface area (TPSA) is 58.4 Å². The normalized spacial score (nSPS) is 18.1. The van der Waals surface area contributed by atoms with E-state index < -0.39 is 5.54 Å². The van der Waals surface area contributed by atoms with E-state index in [0.29, 0.717) is 18.1 Å². The number of amides is 2. The minimum atomic E-state index is -0.436. The minimum Gasteiger partial charge on any atom is -0.391 e. The quantitative estimate of drug-likeness (QED) is 0.738. The van der Waals surface area contributed by atoms with Crippen LogP contribution < -0.4 is 11.1 Å². The first-order chi connectivity index (χ1) is 7.55. The van der Waals surface area contributed by atoms with E-state index in [-0.39, 0.29) is 6.03 Å². The molecule has 0 bridgehead atoms. The summed E-state index contributed by atoms with van der Waals surface area (Å²) in [6.45, 7) is 5.34. The van der Waals surface area contributed by atoms with E-state index >= 15 is 0 Å². The molecule has 0 heterocycles. The van der Waals surface area contributed by atoms with Gasteiger partial charge >= 0.3 is 6.03 Å². The maximum Gasteiger partial charge on any atom is 0.318 e. The smallest absolute Gasteiger partial charge is 0.318 e. The molecule has 0 aromatic rings. The van der Waals surface area contributed by atoms with E-state index in [1.54, 1.807) is 4.90 Å². The van der Waals surface area contributed by atoms with E-state index in [4.69, 9.17) is 18.0 Å². The van der Waals surface area contributed by atoms with Gasteiger partial charge in [-0.05, 0) is 26.7 Å². The number of carbonyl (C=O) groups excluding carboxylic acids is 1. The Hall–Kier alpha value is -0.840. The fourth-order valence-electron chi connectivity index (χ4n) is 2.21. The van der Waals surface area contributed by atoms with Crippen LogP contribution in [0.25, 0.3) is 0 Å². The van der Waals surface area contributed by atoms with Gasteiger partial charge in [-0.25, -0.2) is 4.79 Å². The molecular weight excluding hydrogens is 222 g/mol. The molecular formula is C11H21N3OS. The van der Waals surface area contributed by atoms with Gasteiger partial charge in [0.15, 0.2) is 0 Å². The predicted molar refractivity (Wildman–Crippen MR) is 69.4 cm³/mol. The number of nitrogens with one attached hydrogen (secondary N) is 1. The van der Waals surface area contributed by atoms with E-state index in [0.717, 1.165) is 25.7 Å². The van der Waals surface area contributed by atoms with Crippen LogP contribution in [-0.4, -0.2) is 34.5 Å². The molecule has 4 nitrogen and oxygen atoms in total. The van der Waals surface area contributed by atoms with Crippen LogP contribution in [0.4, 0.5) is 4.79 Å². The highest BCUT2D eigenvalue weighted by Crippen LogP contribution is 2.30. The maximum absolute atomic E-state index is 12.0. The fourth-order valence-corrected chi connectivity index (χ4v) is 2.46. The lowest BCUT2D eigenvalue weighted by atomic mass is 9.98. The van der Waals surface area contributed by atoms with Crippen LogP contribution in [0.1, 0.15) is 39.5 Å². The van der Waals surface area contributed by atoms with Crippen molar-refractivity contribution in [2.24, 2.45) is 5.73 Å².